The predicted molar refractivity (Wildman–Crippen MR) is 148 cm³/mol. The molecule has 0 aromatic carbocycles. The summed E-state index contributed by atoms with van der Waals surface area (Å²) in [5.41, 5.74) is 0.626. The van der Waals surface area contributed by atoms with E-state index in [0.29, 0.717) is 0 Å². The van der Waals surface area contributed by atoms with Crippen LogP contribution in [-0.2, 0) is 37.4 Å². The third-order valence-electron chi connectivity index (χ3n) is 2.34. The summed E-state index contributed by atoms with van der Waals surface area (Å²) in [5.74, 6) is 0. The summed E-state index contributed by atoms with van der Waals surface area (Å²) in [6.45, 7) is 38.5. The van der Waals surface area contributed by atoms with E-state index < -0.39 is 26.9 Å². The minimum Gasteiger partial charge on any atom is -0.663 e. The fraction of sp³-hybridized carbons (Fsp3) is 1.00. The number of hydrogen-bond acceptors (Lipinski definition) is 1. The van der Waals surface area contributed by atoms with E-state index in [-0.39, 0.29) is 49.3 Å². The van der Waals surface area contributed by atoms with Gasteiger partial charge in [-0.2, -0.15) is 0 Å². The molecule has 0 aliphatic rings. The summed E-state index contributed by atoms with van der Waals surface area (Å²) in [6.07, 6.45) is 0. The number of ether oxygens (including phenoxy) is 1. The van der Waals surface area contributed by atoms with Gasteiger partial charge in [0.1, 0.15) is 0 Å². The molecule has 0 fully saturated rings. The second kappa shape index (κ2) is 22.4. The molecule has 0 spiro atoms. The van der Waals surface area contributed by atoms with Gasteiger partial charge in [-0.05, 0) is 13.8 Å². The minimum absolute atomic E-state index is 0. The molecule has 0 saturated carbocycles. The molecule has 4 nitrogen and oxygen atoms in total. The Morgan fingerprint density at radius 2 is 0.667 bits per heavy atom. The molecule has 0 aliphatic heterocycles. The normalized spacial score (nSPS) is 11.6. The van der Waals surface area contributed by atoms with Gasteiger partial charge in [-0.25, -0.2) is 0 Å². The second-order valence-corrected chi connectivity index (χ2v) is 18.3. The Morgan fingerprint density at radius 1 is 0.500 bits per heavy atom. The molecule has 0 aliphatic carbocycles. The Morgan fingerprint density at radius 3 is 0.667 bits per heavy atom. The van der Waals surface area contributed by atoms with Gasteiger partial charge in [-0.15, -0.1) is 16.6 Å². The second-order valence-electron chi connectivity index (χ2n) is 11.0. The molecule has 0 aromatic heterocycles. The van der Waals surface area contributed by atoms with Crippen LogP contribution in [0, 0.1) is 0 Å². The van der Waals surface area contributed by atoms with Crippen molar-refractivity contribution in [3.8, 4) is 0 Å². The molecule has 182 valence electrons. The molecule has 30 heavy (non-hydrogen) atoms. The molecule has 0 atom stereocenters. The van der Waals surface area contributed by atoms with E-state index >= 15 is 0 Å². The first-order chi connectivity index (χ1) is 12.7. The molecule has 0 saturated heterocycles. The molecular formula is C22H58N3OSi3Y. The van der Waals surface area contributed by atoms with Crippen LogP contribution in [-0.4, -0.2) is 56.7 Å². The fourth-order valence-electron chi connectivity index (χ4n) is 2.53. The monoisotopic (exact) mass is 553 g/mol. The third-order valence-corrected chi connectivity index (χ3v) is 6.22. The van der Waals surface area contributed by atoms with E-state index in [4.69, 9.17) is 4.74 Å². The molecule has 0 aromatic rings. The standard InChI is InChI=1S/3C6H16NSi.C4H10O.Y/c3*1-6(2,3)7-8(4)5;1-3-5-4-2;/h3*8H,1-5H3;3-4H2,1-2H3;/q3*-1;;+3. The van der Waals surface area contributed by atoms with Crippen LogP contribution in [0.25, 0.3) is 14.9 Å². The maximum absolute atomic E-state index is 4.83. The van der Waals surface area contributed by atoms with Crippen molar-refractivity contribution in [1.82, 2.24) is 0 Å². The van der Waals surface area contributed by atoms with Crippen LogP contribution >= 0.6 is 0 Å². The molecule has 0 bridgehead atoms. The van der Waals surface area contributed by atoms with E-state index in [1.807, 2.05) is 13.8 Å². The van der Waals surface area contributed by atoms with Crippen LogP contribution < -0.4 is 0 Å². The zero-order chi connectivity index (χ0) is 24.5. The smallest absolute Gasteiger partial charge is 0.663 e. The first-order valence-corrected chi connectivity index (χ1v) is 19.9. The number of nitrogens with zero attached hydrogens (tertiary/aromatic N) is 3. The van der Waals surface area contributed by atoms with Crippen molar-refractivity contribution in [3.05, 3.63) is 14.9 Å². The average molecular weight is 554 g/mol. The zero-order valence-electron chi connectivity index (χ0n) is 24.0. The van der Waals surface area contributed by atoms with Gasteiger partial charge in [0.05, 0.1) is 0 Å². The van der Waals surface area contributed by atoms with E-state index in [2.05, 4.69) is 117 Å². The molecule has 0 rings (SSSR count). The van der Waals surface area contributed by atoms with Gasteiger partial charge >= 0.3 is 32.7 Å². The zero-order valence-corrected chi connectivity index (χ0v) is 30.3. The molecule has 8 heteroatoms. The number of hydrogen-bond donors (Lipinski definition) is 0. The van der Waals surface area contributed by atoms with Crippen LogP contribution in [0.5, 0.6) is 0 Å². The first kappa shape index (κ1) is 41.8. The van der Waals surface area contributed by atoms with E-state index in [1.165, 1.54) is 0 Å². The van der Waals surface area contributed by atoms with Crippen LogP contribution in [0.4, 0.5) is 0 Å². The van der Waals surface area contributed by atoms with Crippen LogP contribution in [0.1, 0.15) is 76.2 Å². The summed E-state index contributed by atoms with van der Waals surface area (Å²) in [6, 6.07) is 0. The third kappa shape index (κ3) is 70.0. The van der Waals surface area contributed by atoms with Gasteiger partial charge in [0.15, 0.2) is 0 Å². The van der Waals surface area contributed by atoms with Gasteiger partial charge in [-0.3, -0.25) is 0 Å². The maximum Gasteiger partial charge on any atom is 3.00 e. The quantitative estimate of drug-likeness (QED) is 0.326. The molecule has 0 unspecified atom stereocenters. The summed E-state index contributed by atoms with van der Waals surface area (Å²) < 4.78 is 4.83. The van der Waals surface area contributed by atoms with E-state index in [0.717, 1.165) is 13.2 Å². The van der Waals surface area contributed by atoms with Crippen molar-refractivity contribution in [3.63, 3.8) is 0 Å². The predicted octanol–water partition coefficient (Wildman–Crippen LogP) is 7.47. The Balaban J connectivity index is -0.0000000929. The van der Waals surface area contributed by atoms with Gasteiger partial charge in [0.2, 0.25) is 0 Å². The van der Waals surface area contributed by atoms with Crippen molar-refractivity contribution in [2.45, 2.75) is 132 Å². The van der Waals surface area contributed by atoms with Crippen LogP contribution in [0.15, 0.2) is 0 Å². The topological polar surface area (TPSA) is 51.5 Å². The summed E-state index contributed by atoms with van der Waals surface area (Å²) in [5, 5.41) is 0. The van der Waals surface area contributed by atoms with Gasteiger partial charge in [0, 0.05) is 13.2 Å². The van der Waals surface area contributed by atoms with Crippen molar-refractivity contribution in [2.75, 3.05) is 13.2 Å². The molecule has 0 N–H and O–H groups in total. The molecule has 0 radical (unpaired) electrons. The van der Waals surface area contributed by atoms with Gasteiger partial charge in [-0.1, -0.05) is 128 Å². The summed E-state index contributed by atoms with van der Waals surface area (Å²) in [4.78, 5) is 13.6. The van der Waals surface area contributed by atoms with E-state index in [1.54, 1.807) is 0 Å². The Kier molecular flexibility index (Phi) is 31.2. The Bertz CT molecular complexity index is 288. The van der Waals surface area contributed by atoms with Gasteiger partial charge in [0.25, 0.3) is 0 Å². The minimum atomic E-state index is -0.671. The molecule has 0 heterocycles. The Hall–Kier alpha value is 1.59. The Labute approximate surface area is 223 Å². The van der Waals surface area contributed by atoms with Crippen molar-refractivity contribution in [2.24, 2.45) is 0 Å². The number of rotatable bonds is 5. The maximum atomic E-state index is 4.83. The van der Waals surface area contributed by atoms with Crippen LogP contribution in [0.3, 0.4) is 0 Å². The SMILES string of the molecule is CCOCC.C[SiH](C)[N-]C(C)(C)C.C[SiH](C)[N-]C(C)(C)C.C[SiH](C)[N-]C(C)(C)C.[Y+3]. The fourth-order valence-corrected chi connectivity index (χ4v) is 7.18. The van der Waals surface area contributed by atoms with Crippen molar-refractivity contribution >= 4 is 26.9 Å². The first-order valence-electron chi connectivity index (χ1n) is 11.4. The van der Waals surface area contributed by atoms with Crippen molar-refractivity contribution < 1.29 is 37.4 Å². The largest absolute Gasteiger partial charge is 3.00 e. The van der Waals surface area contributed by atoms with E-state index in [9.17, 15) is 0 Å². The van der Waals surface area contributed by atoms with Crippen LogP contribution in [0.2, 0.25) is 39.3 Å². The molecule has 0 amide bonds. The average Bonchev–Trinajstić information content (AvgIpc) is 2.31. The summed E-state index contributed by atoms with van der Waals surface area (Å²) in [7, 11) is -2.01. The van der Waals surface area contributed by atoms with Gasteiger partial charge < -0.3 is 19.7 Å². The van der Waals surface area contributed by atoms with Crippen molar-refractivity contribution in [1.29, 1.82) is 0 Å². The summed E-state index contributed by atoms with van der Waals surface area (Å²) >= 11 is 0. The molecular weight excluding hydrogens is 495 g/mol.